The quantitative estimate of drug-likeness (QED) is 0.771. The lowest BCUT2D eigenvalue weighted by atomic mass is 10.1. The molecule has 0 radical (unpaired) electrons. The Morgan fingerprint density at radius 2 is 1.86 bits per heavy atom. The smallest absolute Gasteiger partial charge is 0.223 e. The van der Waals surface area contributed by atoms with Gasteiger partial charge in [-0.3, -0.25) is 0 Å². The molecule has 2 aromatic rings. The lowest BCUT2D eigenvalue weighted by molar-refractivity contribution is 0.171. The van der Waals surface area contributed by atoms with E-state index >= 15 is 0 Å². The molecular weight excluding hydrogens is 270 g/mol. The molecule has 7 nitrogen and oxygen atoms in total. The highest BCUT2D eigenvalue weighted by atomic mass is 16.6. The molecule has 0 fully saturated rings. The number of hydrogen-bond acceptors (Lipinski definition) is 7. The van der Waals surface area contributed by atoms with Crippen molar-refractivity contribution in [3.63, 3.8) is 0 Å². The summed E-state index contributed by atoms with van der Waals surface area (Å²) in [6.07, 6.45) is 0.820. The lowest BCUT2D eigenvalue weighted by Gasteiger charge is -2.18. The first-order valence-corrected chi connectivity index (χ1v) is 6.73. The van der Waals surface area contributed by atoms with Crippen LogP contribution in [-0.4, -0.2) is 29.7 Å². The summed E-state index contributed by atoms with van der Waals surface area (Å²) in [5.74, 6) is 2.74. The average Bonchev–Trinajstić information content (AvgIpc) is 2.46. The molecule has 110 valence electrons. The summed E-state index contributed by atoms with van der Waals surface area (Å²) in [6, 6.07) is 7.61. The summed E-state index contributed by atoms with van der Waals surface area (Å²) >= 11 is 0. The van der Waals surface area contributed by atoms with Crippen molar-refractivity contribution in [1.82, 2.24) is 9.97 Å². The fourth-order valence-electron chi connectivity index (χ4n) is 2.15. The van der Waals surface area contributed by atoms with E-state index in [1.807, 2.05) is 18.2 Å². The number of hydrogen-bond donors (Lipinski definition) is 3. The molecule has 0 saturated carbocycles. The topological polar surface area (TPSA) is 108 Å². The van der Waals surface area contributed by atoms with Crippen molar-refractivity contribution in [2.45, 2.75) is 6.42 Å². The van der Waals surface area contributed by atoms with Gasteiger partial charge in [0.15, 0.2) is 11.5 Å². The van der Waals surface area contributed by atoms with Crippen molar-refractivity contribution in [3.05, 3.63) is 29.8 Å². The van der Waals surface area contributed by atoms with E-state index in [9.17, 15) is 0 Å². The second-order valence-electron chi connectivity index (χ2n) is 4.69. The van der Waals surface area contributed by atoms with Crippen LogP contribution in [0.4, 0.5) is 17.6 Å². The molecule has 1 aromatic heterocycles. The summed E-state index contributed by atoms with van der Waals surface area (Å²) in [5, 5.41) is 3.17. The highest BCUT2D eigenvalue weighted by Gasteiger charge is 2.11. The van der Waals surface area contributed by atoms with Gasteiger partial charge in [0.1, 0.15) is 24.8 Å². The molecule has 0 atom stereocenters. The minimum absolute atomic E-state index is 0.164. The van der Waals surface area contributed by atoms with Crippen molar-refractivity contribution >= 4 is 17.6 Å². The standard InChI is InChI=1S/C14H17N5O2/c15-12-8-13(19-14(16)18-12)17-4-3-9-1-2-10-11(7-9)21-6-5-20-10/h1-2,7-8H,3-6H2,(H5,15,16,17,18,19). The first-order valence-electron chi connectivity index (χ1n) is 6.73. The van der Waals surface area contributed by atoms with Crippen LogP contribution >= 0.6 is 0 Å². The molecule has 0 amide bonds. The first-order chi connectivity index (χ1) is 10.2. The van der Waals surface area contributed by atoms with Crippen LogP contribution in [0.15, 0.2) is 24.3 Å². The third-order valence-corrected chi connectivity index (χ3v) is 3.09. The van der Waals surface area contributed by atoms with Crippen LogP contribution in [0, 0.1) is 0 Å². The van der Waals surface area contributed by atoms with E-state index in [1.165, 1.54) is 0 Å². The first kappa shape index (κ1) is 13.3. The van der Waals surface area contributed by atoms with E-state index in [2.05, 4.69) is 15.3 Å². The second-order valence-corrected chi connectivity index (χ2v) is 4.69. The molecule has 1 aliphatic rings. The van der Waals surface area contributed by atoms with Crippen LogP contribution in [0.2, 0.25) is 0 Å². The van der Waals surface area contributed by atoms with E-state index < -0.39 is 0 Å². The normalized spacial score (nSPS) is 13.0. The molecule has 0 unspecified atom stereocenters. The van der Waals surface area contributed by atoms with Crippen molar-refractivity contribution in [2.75, 3.05) is 36.5 Å². The molecule has 7 heteroatoms. The Morgan fingerprint density at radius 3 is 2.67 bits per heavy atom. The zero-order chi connectivity index (χ0) is 14.7. The van der Waals surface area contributed by atoms with E-state index in [0.717, 1.165) is 23.5 Å². The van der Waals surface area contributed by atoms with Crippen LogP contribution in [-0.2, 0) is 6.42 Å². The Kier molecular flexibility index (Phi) is 3.63. The summed E-state index contributed by atoms with van der Waals surface area (Å²) in [4.78, 5) is 7.89. The number of nitrogens with two attached hydrogens (primary N) is 2. The maximum absolute atomic E-state index is 5.62. The van der Waals surface area contributed by atoms with Crippen LogP contribution < -0.4 is 26.3 Å². The predicted octanol–water partition coefficient (Wildman–Crippen LogP) is 1.07. The molecule has 5 N–H and O–H groups in total. The van der Waals surface area contributed by atoms with Gasteiger partial charge in [-0.1, -0.05) is 6.07 Å². The van der Waals surface area contributed by atoms with E-state index in [1.54, 1.807) is 6.07 Å². The Morgan fingerprint density at radius 1 is 1.05 bits per heavy atom. The minimum Gasteiger partial charge on any atom is -0.486 e. The predicted molar refractivity (Wildman–Crippen MR) is 80.5 cm³/mol. The van der Waals surface area contributed by atoms with Crippen LogP contribution in [0.5, 0.6) is 11.5 Å². The van der Waals surface area contributed by atoms with Gasteiger partial charge in [-0.05, 0) is 24.1 Å². The Bertz CT molecular complexity index is 627. The highest BCUT2D eigenvalue weighted by molar-refractivity contribution is 5.48. The van der Waals surface area contributed by atoms with Gasteiger partial charge in [-0.25, -0.2) is 0 Å². The fourth-order valence-corrected chi connectivity index (χ4v) is 2.15. The van der Waals surface area contributed by atoms with Crippen LogP contribution in [0.3, 0.4) is 0 Å². The largest absolute Gasteiger partial charge is 0.486 e. The minimum atomic E-state index is 0.164. The van der Waals surface area contributed by atoms with E-state index in [4.69, 9.17) is 20.9 Å². The van der Waals surface area contributed by atoms with Gasteiger partial charge in [0.05, 0.1) is 0 Å². The number of rotatable bonds is 4. The van der Waals surface area contributed by atoms with Gasteiger partial charge < -0.3 is 26.3 Å². The zero-order valence-electron chi connectivity index (χ0n) is 11.5. The summed E-state index contributed by atoms with van der Waals surface area (Å²) < 4.78 is 11.1. The molecule has 0 bridgehead atoms. The Balaban J connectivity index is 1.60. The van der Waals surface area contributed by atoms with Crippen molar-refractivity contribution < 1.29 is 9.47 Å². The fraction of sp³-hybridized carbons (Fsp3) is 0.286. The van der Waals surface area contributed by atoms with Gasteiger partial charge in [-0.2, -0.15) is 9.97 Å². The van der Waals surface area contributed by atoms with Gasteiger partial charge in [0.25, 0.3) is 0 Å². The maximum atomic E-state index is 5.62. The average molecular weight is 287 g/mol. The molecule has 1 aromatic carbocycles. The number of nitrogens with zero attached hydrogens (tertiary/aromatic N) is 2. The molecule has 2 heterocycles. The zero-order valence-corrected chi connectivity index (χ0v) is 11.5. The third-order valence-electron chi connectivity index (χ3n) is 3.09. The Labute approximate surface area is 122 Å². The maximum Gasteiger partial charge on any atom is 0.223 e. The Hall–Kier alpha value is -2.70. The summed E-state index contributed by atoms with van der Waals surface area (Å²) in [5.41, 5.74) is 12.3. The second kappa shape index (κ2) is 5.74. The van der Waals surface area contributed by atoms with Crippen molar-refractivity contribution in [2.24, 2.45) is 0 Å². The number of ether oxygens (including phenoxy) is 2. The monoisotopic (exact) mass is 287 g/mol. The number of fused-ring (bicyclic) bond motifs is 1. The van der Waals surface area contributed by atoms with Gasteiger partial charge in [0, 0.05) is 12.6 Å². The van der Waals surface area contributed by atoms with Crippen molar-refractivity contribution in [3.8, 4) is 11.5 Å². The van der Waals surface area contributed by atoms with E-state index in [-0.39, 0.29) is 5.95 Å². The molecule has 0 saturated heterocycles. The molecule has 21 heavy (non-hydrogen) atoms. The third kappa shape index (κ3) is 3.25. The van der Waals surface area contributed by atoms with Crippen LogP contribution in [0.1, 0.15) is 5.56 Å². The number of nitrogens with one attached hydrogen (secondary N) is 1. The number of benzene rings is 1. The summed E-state index contributed by atoms with van der Waals surface area (Å²) in [6.45, 7) is 1.90. The SMILES string of the molecule is Nc1cc(NCCc2ccc3c(c2)OCCO3)nc(N)n1. The number of nitrogen functional groups attached to an aromatic ring is 2. The molecule has 1 aliphatic heterocycles. The lowest BCUT2D eigenvalue weighted by Crippen LogP contribution is -2.15. The van der Waals surface area contributed by atoms with Gasteiger partial charge in [0.2, 0.25) is 5.95 Å². The molecular formula is C14H17N5O2. The molecule has 0 spiro atoms. The molecule has 3 rings (SSSR count). The number of anilines is 3. The van der Waals surface area contributed by atoms with E-state index in [0.29, 0.717) is 31.4 Å². The number of aromatic nitrogens is 2. The van der Waals surface area contributed by atoms with Crippen molar-refractivity contribution in [1.29, 1.82) is 0 Å². The van der Waals surface area contributed by atoms with Gasteiger partial charge >= 0.3 is 0 Å². The van der Waals surface area contributed by atoms with Crippen LogP contribution in [0.25, 0.3) is 0 Å². The highest BCUT2D eigenvalue weighted by Crippen LogP contribution is 2.30. The summed E-state index contributed by atoms with van der Waals surface area (Å²) in [7, 11) is 0. The molecule has 0 aliphatic carbocycles. The van der Waals surface area contributed by atoms with Gasteiger partial charge in [-0.15, -0.1) is 0 Å².